The Morgan fingerprint density at radius 2 is 2.19 bits per heavy atom. The highest BCUT2D eigenvalue weighted by molar-refractivity contribution is 7.16. The Morgan fingerprint density at radius 3 is 2.69 bits per heavy atom. The maximum Gasteiger partial charge on any atom is 0.0931 e. The van der Waals surface area contributed by atoms with Gasteiger partial charge in [-0.25, -0.2) is 0 Å². The van der Waals surface area contributed by atoms with Crippen molar-refractivity contribution < 1.29 is 0 Å². The lowest BCUT2D eigenvalue weighted by Crippen LogP contribution is -2.36. The molecule has 0 aromatic carbocycles. The number of nitrogens with one attached hydrogen (secondary N) is 1. The van der Waals surface area contributed by atoms with E-state index in [1.54, 1.807) is 11.3 Å². The van der Waals surface area contributed by atoms with Crippen LogP contribution in [-0.4, -0.2) is 30.6 Å². The Morgan fingerprint density at radius 1 is 1.44 bits per heavy atom. The van der Waals surface area contributed by atoms with Crippen LogP contribution in [0.5, 0.6) is 0 Å². The number of thiophene rings is 1. The summed E-state index contributed by atoms with van der Waals surface area (Å²) in [5.74, 6) is 0. The van der Waals surface area contributed by atoms with Crippen LogP contribution in [0.15, 0.2) is 12.1 Å². The molecule has 16 heavy (non-hydrogen) atoms. The summed E-state index contributed by atoms with van der Waals surface area (Å²) in [6.07, 6.45) is 0. The van der Waals surface area contributed by atoms with E-state index in [0.29, 0.717) is 6.04 Å². The number of rotatable bonds is 7. The van der Waals surface area contributed by atoms with Crippen molar-refractivity contribution in [3.63, 3.8) is 0 Å². The van der Waals surface area contributed by atoms with E-state index in [9.17, 15) is 0 Å². The predicted molar refractivity (Wildman–Crippen MR) is 73.4 cm³/mol. The number of halogens is 1. The minimum Gasteiger partial charge on any atom is -0.311 e. The van der Waals surface area contributed by atoms with Crippen molar-refractivity contribution >= 4 is 22.9 Å². The molecule has 0 aliphatic carbocycles. The van der Waals surface area contributed by atoms with Gasteiger partial charge in [0.15, 0.2) is 0 Å². The highest BCUT2D eigenvalue weighted by Gasteiger charge is 2.05. The van der Waals surface area contributed by atoms with E-state index in [1.807, 2.05) is 6.07 Å². The predicted octanol–water partition coefficient (Wildman–Crippen LogP) is 3.22. The molecular formula is C12H21ClN2S. The molecule has 2 nitrogen and oxygen atoms in total. The molecule has 0 spiro atoms. The second kappa shape index (κ2) is 7.28. The van der Waals surface area contributed by atoms with Crippen LogP contribution < -0.4 is 5.32 Å². The Labute approximate surface area is 108 Å². The number of nitrogens with zero attached hydrogens (tertiary/aromatic N) is 1. The molecule has 1 aromatic heterocycles. The summed E-state index contributed by atoms with van der Waals surface area (Å²) in [6, 6.07) is 4.67. The standard InChI is InChI=1S/C12H21ClN2S/c1-4-15(10(2)3)8-7-14-9-11-5-6-12(13)16-11/h5-6,10,14H,4,7-9H2,1-3H3. The van der Waals surface area contributed by atoms with Gasteiger partial charge in [0, 0.05) is 30.6 Å². The molecule has 0 aliphatic rings. The first kappa shape index (κ1) is 14.0. The van der Waals surface area contributed by atoms with Gasteiger partial charge in [-0.1, -0.05) is 18.5 Å². The Bertz CT molecular complexity index is 299. The van der Waals surface area contributed by atoms with Crippen LogP contribution in [0.3, 0.4) is 0 Å². The van der Waals surface area contributed by atoms with E-state index in [4.69, 9.17) is 11.6 Å². The highest BCUT2D eigenvalue weighted by Crippen LogP contribution is 2.20. The summed E-state index contributed by atoms with van der Waals surface area (Å²) in [4.78, 5) is 3.76. The van der Waals surface area contributed by atoms with Crippen molar-refractivity contribution in [1.29, 1.82) is 0 Å². The van der Waals surface area contributed by atoms with Crippen LogP contribution in [0, 0.1) is 0 Å². The van der Waals surface area contributed by atoms with E-state index in [0.717, 1.165) is 30.5 Å². The van der Waals surface area contributed by atoms with Gasteiger partial charge in [0.25, 0.3) is 0 Å². The Balaban J connectivity index is 2.16. The third-order valence-corrected chi connectivity index (χ3v) is 3.87. The molecule has 0 atom stereocenters. The number of hydrogen-bond acceptors (Lipinski definition) is 3. The van der Waals surface area contributed by atoms with Gasteiger partial charge in [0.05, 0.1) is 4.34 Å². The summed E-state index contributed by atoms with van der Waals surface area (Å²) < 4.78 is 0.870. The summed E-state index contributed by atoms with van der Waals surface area (Å²) in [6.45, 7) is 10.9. The first-order valence-corrected chi connectivity index (χ1v) is 7.02. The monoisotopic (exact) mass is 260 g/mol. The van der Waals surface area contributed by atoms with E-state index in [2.05, 4.69) is 37.1 Å². The van der Waals surface area contributed by atoms with Gasteiger partial charge in [-0.3, -0.25) is 4.90 Å². The summed E-state index contributed by atoms with van der Waals surface area (Å²) in [5, 5.41) is 3.44. The molecule has 0 fully saturated rings. The van der Waals surface area contributed by atoms with E-state index in [-0.39, 0.29) is 0 Å². The van der Waals surface area contributed by atoms with Gasteiger partial charge >= 0.3 is 0 Å². The minimum atomic E-state index is 0.628. The fourth-order valence-corrected chi connectivity index (χ4v) is 2.72. The maximum absolute atomic E-state index is 5.87. The van der Waals surface area contributed by atoms with Crippen molar-refractivity contribution in [2.75, 3.05) is 19.6 Å². The lowest BCUT2D eigenvalue weighted by Gasteiger charge is -2.24. The fraction of sp³-hybridized carbons (Fsp3) is 0.667. The van der Waals surface area contributed by atoms with Gasteiger partial charge < -0.3 is 5.32 Å². The molecule has 4 heteroatoms. The summed E-state index contributed by atoms with van der Waals surface area (Å²) >= 11 is 7.52. The first-order valence-electron chi connectivity index (χ1n) is 5.82. The third-order valence-electron chi connectivity index (χ3n) is 2.64. The summed E-state index contributed by atoms with van der Waals surface area (Å²) in [7, 11) is 0. The molecule has 1 N–H and O–H groups in total. The van der Waals surface area contributed by atoms with Gasteiger partial charge in [-0.2, -0.15) is 0 Å². The van der Waals surface area contributed by atoms with Crippen LogP contribution in [0.2, 0.25) is 4.34 Å². The smallest absolute Gasteiger partial charge is 0.0931 e. The molecule has 0 radical (unpaired) electrons. The normalized spacial score (nSPS) is 11.6. The van der Waals surface area contributed by atoms with E-state index < -0.39 is 0 Å². The fourth-order valence-electron chi connectivity index (χ4n) is 1.66. The van der Waals surface area contributed by atoms with Crippen LogP contribution >= 0.6 is 22.9 Å². The maximum atomic E-state index is 5.87. The molecule has 0 amide bonds. The number of hydrogen-bond donors (Lipinski definition) is 1. The molecular weight excluding hydrogens is 240 g/mol. The van der Waals surface area contributed by atoms with Gasteiger partial charge in [0.2, 0.25) is 0 Å². The molecule has 1 rings (SSSR count). The lowest BCUT2D eigenvalue weighted by atomic mass is 10.3. The van der Waals surface area contributed by atoms with Crippen LogP contribution in [0.25, 0.3) is 0 Å². The van der Waals surface area contributed by atoms with Crippen molar-refractivity contribution in [3.05, 3.63) is 21.3 Å². The minimum absolute atomic E-state index is 0.628. The molecule has 92 valence electrons. The zero-order chi connectivity index (χ0) is 12.0. The van der Waals surface area contributed by atoms with Crippen LogP contribution in [0.4, 0.5) is 0 Å². The second-order valence-electron chi connectivity index (χ2n) is 4.10. The van der Waals surface area contributed by atoms with Gasteiger partial charge in [-0.05, 0) is 32.5 Å². The summed E-state index contributed by atoms with van der Waals surface area (Å²) in [5.41, 5.74) is 0. The Hall–Kier alpha value is -0.0900. The number of likely N-dealkylation sites (N-methyl/N-ethyl adjacent to an activating group) is 1. The van der Waals surface area contributed by atoms with Gasteiger partial charge in [0.1, 0.15) is 0 Å². The average Bonchev–Trinajstić information content (AvgIpc) is 2.64. The third kappa shape index (κ3) is 4.83. The van der Waals surface area contributed by atoms with Crippen LogP contribution in [0.1, 0.15) is 25.6 Å². The lowest BCUT2D eigenvalue weighted by molar-refractivity contribution is 0.234. The SMILES string of the molecule is CCN(CCNCc1ccc(Cl)s1)C(C)C. The molecule has 0 aliphatic heterocycles. The first-order chi connectivity index (χ1) is 7.63. The molecule has 0 saturated heterocycles. The van der Waals surface area contributed by atoms with Gasteiger partial charge in [-0.15, -0.1) is 11.3 Å². The Kier molecular flexibility index (Phi) is 6.36. The topological polar surface area (TPSA) is 15.3 Å². The molecule has 0 saturated carbocycles. The zero-order valence-corrected chi connectivity index (χ0v) is 11.9. The van der Waals surface area contributed by atoms with Crippen molar-refractivity contribution in [2.24, 2.45) is 0 Å². The molecule has 0 unspecified atom stereocenters. The van der Waals surface area contributed by atoms with Crippen molar-refractivity contribution in [3.8, 4) is 0 Å². The van der Waals surface area contributed by atoms with E-state index in [1.165, 1.54) is 4.88 Å². The quantitative estimate of drug-likeness (QED) is 0.758. The van der Waals surface area contributed by atoms with Crippen molar-refractivity contribution in [1.82, 2.24) is 10.2 Å². The molecule has 0 bridgehead atoms. The zero-order valence-electron chi connectivity index (χ0n) is 10.3. The highest BCUT2D eigenvalue weighted by atomic mass is 35.5. The molecule has 1 aromatic rings. The van der Waals surface area contributed by atoms with Crippen LogP contribution in [-0.2, 0) is 6.54 Å². The average molecular weight is 261 g/mol. The molecule has 1 heterocycles. The largest absolute Gasteiger partial charge is 0.311 e. The van der Waals surface area contributed by atoms with E-state index >= 15 is 0 Å². The second-order valence-corrected chi connectivity index (χ2v) is 5.90. The van der Waals surface area contributed by atoms with Crippen molar-refractivity contribution in [2.45, 2.75) is 33.4 Å².